The Morgan fingerprint density at radius 2 is 1.70 bits per heavy atom. The minimum absolute atomic E-state index is 0. The molecule has 0 saturated carbocycles. The smallest absolute Gasteiger partial charge is 0.793 e. The Bertz CT molecular complexity index is 1380. The molecule has 0 fully saturated rings. The van der Waals surface area contributed by atoms with Crippen molar-refractivity contribution in [2.24, 2.45) is 0 Å². The summed E-state index contributed by atoms with van der Waals surface area (Å²) in [5, 5.41) is 1.28. The Balaban J connectivity index is 0.00000323. The summed E-state index contributed by atoms with van der Waals surface area (Å²) in [6.45, 7) is 14.5. The van der Waals surface area contributed by atoms with Gasteiger partial charge in [-0.1, -0.05) is 113 Å². The molecular formula is C37H45ClNNa3S2+2. The van der Waals surface area contributed by atoms with Crippen LogP contribution in [0.25, 0.3) is 0 Å². The van der Waals surface area contributed by atoms with Gasteiger partial charge in [-0.15, -0.1) is 0 Å². The summed E-state index contributed by atoms with van der Waals surface area (Å²) in [7, 11) is 0. The minimum Gasteiger partial charge on any atom is -0.793 e. The van der Waals surface area contributed by atoms with Crippen molar-refractivity contribution in [2.75, 3.05) is 17.2 Å². The van der Waals surface area contributed by atoms with E-state index in [1.807, 2.05) is 0 Å². The van der Waals surface area contributed by atoms with Crippen molar-refractivity contribution in [3.63, 3.8) is 0 Å². The van der Waals surface area contributed by atoms with Gasteiger partial charge in [0.1, 0.15) is 0 Å². The zero-order chi connectivity index (χ0) is 29.6. The first kappa shape index (κ1) is 43.0. The molecule has 1 heterocycles. The number of aryl methyl sites for hydroxylation is 1. The molecule has 4 rings (SSSR count). The van der Waals surface area contributed by atoms with Crippen LogP contribution in [-0.2, 0) is 24.5 Å². The second kappa shape index (κ2) is 20.4. The predicted octanol–water partition coefficient (Wildman–Crippen LogP) is 1.39. The molecule has 0 radical (unpaired) electrons. The molecule has 1 aliphatic heterocycles. The van der Waals surface area contributed by atoms with Crippen molar-refractivity contribution >= 4 is 42.5 Å². The van der Waals surface area contributed by atoms with Gasteiger partial charge in [0.2, 0.25) is 0 Å². The van der Waals surface area contributed by atoms with E-state index in [0.29, 0.717) is 5.25 Å². The largest absolute Gasteiger partial charge is 1.00 e. The van der Waals surface area contributed by atoms with E-state index in [4.69, 9.17) is 24.2 Å². The molecule has 2 aromatic rings. The number of halogens is 1. The van der Waals surface area contributed by atoms with Crippen molar-refractivity contribution in [3.8, 4) is 0 Å². The Labute approximate surface area is 350 Å². The van der Waals surface area contributed by atoms with Gasteiger partial charge in [-0.05, 0) is 82.9 Å². The molecule has 0 bridgehead atoms. The summed E-state index contributed by atoms with van der Waals surface area (Å²) in [6, 6.07) is 17.5. The second-order valence-corrected chi connectivity index (χ2v) is 13.7. The Hall–Kier alpha value is 0.930. The van der Waals surface area contributed by atoms with E-state index in [1.54, 1.807) is 0 Å². The van der Waals surface area contributed by atoms with Gasteiger partial charge < -0.3 is 17.5 Å². The normalized spacial score (nSPS) is 18.6. The Morgan fingerprint density at radius 3 is 2.41 bits per heavy atom. The van der Waals surface area contributed by atoms with Gasteiger partial charge in [0.15, 0.2) is 0 Å². The third-order valence-electron chi connectivity index (χ3n) is 8.65. The van der Waals surface area contributed by atoms with E-state index in [9.17, 15) is 0 Å². The van der Waals surface area contributed by atoms with E-state index in [2.05, 4.69) is 125 Å². The van der Waals surface area contributed by atoms with Crippen molar-refractivity contribution in [1.82, 2.24) is 0 Å². The van der Waals surface area contributed by atoms with E-state index < -0.39 is 0 Å². The SMILES string of the molecule is C=C(/C=C/C1=C(Cl)C(=C/C=C2/N(CCCC[S-])c3ccccc3C2(C)C)/CC1)C(C)c1ccccc1CCC(C)S.[Na+].[Na+].[Na+]. The predicted molar refractivity (Wildman–Crippen MR) is 186 cm³/mol. The number of nitrogens with zero attached hydrogens (tertiary/aromatic N) is 1. The molecular weight excluding hydrogens is 627 g/mol. The summed E-state index contributed by atoms with van der Waals surface area (Å²) in [4.78, 5) is 2.49. The Kier molecular flexibility index (Phi) is 20.0. The number of para-hydroxylation sites is 1. The summed E-state index contributed by atoms with van der Waals surface area (Å²) in [5.41, 5.74) is 10.2. The van der Waals surface area contributed by atoms with Crippen LogP contribution in [0.2, 0.25) is 0 Å². The molecule has 218 valence electrons. The van der Waals surface area contributed by atoms with E-state index in [1.165, 1.54) is 39.2 Å². The van der Waals surface area contributed by atoms with Gasteiger partial charge in [-0.2, -0.15) is 18.4 Å². The maximum absolute atomic E-state index is 6.97. The van der Waals surface area contributed by atoms with Gasteiger partial charge in [-0.3, -0.25) is 0 Å². The number of rotatable bonds is 12. The number of fused-ring (bicyclic) bond motifs is 1. The first-order valence-electron chi connectivity index (χ1n) is 15.0. The molecule has 1 nitrogen and oxygen atoms in total. The van der Waals surface area contributed by atoms with Crippen molar-refractivity contribution in [2.45, 2.75) is 82.8 Å². The number of allylic oxidation sites excluding steroid dienone is 9. The van der Waals surface area contributed by atoms with E-state index >= 15 is 0 Å². The van der Waals surface area contributed by atoms with Gasteiger partial charge in [0.05, 0.1) is 0 Å². The molecule has 2 aliphatic rings. The standard InChI is InChI=1S/C37H46ClNS2.3Na/c1-26(28(3)32-13-7-6-12-29(32)19-17-27(2)41)16-18-30-20-21-31(36(30)38)22-23-35-37(4,5)33-14-8-9-15-34(33)39(35)24-10-11-25-40;;;/h6-9,12-16,18,22-23,27-28,40-41H,1,10-11,17,19-21,24-25H2,2-5H3;;;/q;3*+1/p-1/b18-16+,31-22+,35-23+;;;. The van der Waals surface area contributed by atoms with Crippen LogP contribution >= 0.6 is 24.2 Å². The molecule has 2 atom stereocenters. The number of hydrogen-bond donors (Lipinski definition) is 1. The molecule has 2 unspecified atom stereocenters. The average Bonchev–Trinajstić information content (AvgIpc) is 3.42. The van der Waals surface area contributed by atoms with Crippen molar-refractivity contribution in [1.29, 1.82) is 0 Å². The van der Waals surface area contributed by atoms with Crippen LogP contribution < -0.4 is 93.6 Å². The molecule has 0 N–H and O–H groups in total. The molecule has 2 aromatic carbocycles. The van der Waals surface area contributed by atoms with Gasteiger partial charge in [0, 0.05) is 34.3 Å². The van der Waals surface area contributed by atoms with Crippen LogP contribution in [0.3, 0.4) is 0 Å². The van der Waals surface area contributed by atoms with Gasteiger partial charge in [-0.25, -0.2) is 0 Å². The van der Waals surface area contributed by atoms with E-state index in [0.717, 1.165) is 61.4 Å². The van der Waals surface area contributed by atoms with E-state index in [-0.39, 0.29) is 100 Å². The zero-order valence-electron chi connectivity index (χ0n) is 28.1. The summed E-state index contributed by atoms with van der Waals surface area (Å²) in [6.07, 6.45) is 15.1. The monoisotopic (exact) mass is 671 g/mol. The fourth-order valence-corrected chi connectivity index (χ4v) is 6.69. The molecule has 1 aliphatic carbocycles. The molecule has 0 aromatic heterocycles. The zero-order valence-corrected chi connectivity index (χ0v) is 36.6. The van der Waals surface area contributed by atoms with Crippen LogP contribution in [0.4, 0.5) is 5.69 Å². The first-order valence-corrected chi connectivity index (χ1v) is 16.5. The fourth-order valence-electron chi connectivity index (χ4n) is 6.04. The quantitative estimate of drug-likeness (QED) is 0.120. The van der Waals surface area contributed by atoms with Crippen LogP contribution in [0, 0.1) is 0 Å². The maximum atomic E-state index is 6.97. The minimum atomic E-state index is -0.0613. The fraction of sp³-hybridized carbons (Fsp3) is 0.405. The maximum Gasteiger partial charge on any atom is 1.00 e. The number of hydrogen-bond acceptors (Lipinski definition) is 3. The van der Waals surface area contributed by atoms with Gasteiger partial charge in [0.25, 0.3) is 0 Å². The van der Waals surface area contributed by atoms with Crippen molar-refractivity contribution in [3.05, 3.63) is 124 Å². The van der Waals surface area contributed by atoms with Crippen LogP contribution in [-0.4, -0.2) is 17.5 Å². The third-order valence-corrected chi connectivity index (χ3v) is 9.69. The Morgan fingerprint density at radius 1 is 1.02 bits per heavy atom. The molecule has 7 heteroatoms. The molecule has 0 amide bonds. The summed E-state index contributed by atoms with van der Waals surface area (Å²) < 4.78 is 0. The summed E-state index contributed by atoms with van der Waals surface area (Å²) in [5.74, 6) is 1.06. The second-order valence-electron chi connectivity index (χ2n) is 12.0. The molecule has 44 heavy (non-hydrogen) atoms. The van der Waals surface area contributed by atoms with Crippen LogP contribution in [0.1, 0.15) is 82.4 Å². The molecule has 0 saturated heterocycles. The number of anilines is 1. The summed E-state index contributed by atoms with van der Waals surface area (Å²) >= 11 is 16.8. The first-order chi connectivity index (χ1) is 19.6. The average molecular weight is 672 g/mol. The van der Waals surface area contributed by atoms with Crippen LogP contribution in [0.5, 0.6) is 0 Å². The number of unbranched alkanes of at least 4 members (excludes halogenated alkanes) is 1. The van der Waals surface area contributed by atoms with Crippen molar-refractivity contribution < 1.29 is 88.7 Å². The molecule has 0 spiro atoms. The van der Waals surface area contributed by atoms with Crippen LogP contribution in [0.15, 0.2) is 107 Å². The number of thiol groups is 1. The number of benzene rings is 2. The van der Waals surface area contributed by atoms with Gasteiger partial charge >= 0.3 is 88.7 Å². The third kappa shape index (κ3) is 10.7. The topological polar surface area (TPSA) is 3.24 Å².